The number of aromatic nitrogens is 3. The van der Waals surface area contributed by atoms with E-state index in [1.165, 1.54) is 12.3 Å². The Kier molecular flexibility index (Phi) is 4.56. The first kappa shape index (κ1) is 15.4. The van der Waals surface area contributed by atoms with Crippen LogP contribution in [0.4, 0.5) is 0 Å². The zero-order valence-electron chi connectivity index (χ0n) is 11.9. The van der Waals surface area contributed by atoms with E-state index in [-0.39, 0.29) is 22.3 Å². The van der Waals surface area contributed by atoms with E-state index < -0.39 is 15.4 Å². The second kappa shape index (κ2) is 6.21. The van der Waals surface area contributed by atoms with Crippen LogP contribution in [0.1, 0.15) is 26.7 Å². The second-order valence-electron chi connectivity index (χ2n) is 4.52. The van der Waals surface area contributed by atoms with E-state index in [1.54, 1.807) is 6.92 Å². The van der Waals surface area contributed by atoms with Crippen LogP contribution in [-0.2, 0) is 9.84 Å². The number of aromatic amines is 1. The van der Waals surface area contributed by atoms with Gasteiger partial charge in [0.15, 0.2) is 5.75 Å². The van der Waals surface area contributed by atoms with Gasteiger partial charge in [-0.25, -0.2) is 18.4 Å². The first-order valence-electron chi connectivity index (χ1n) is 6.73. The number of hydrogen-bond donors (Lipinski definition) is 1. The zero-order chi connectivity index (χ0) is 15.5. The normalized spacial score (nSPS) is 11.7. The van der Waals surface area contributed by atoms with Crippen LogP contribution in [-0.4, -0.2) is 35.7 Å². The third-order valence-electron chi connectivity index (χ3n) is 2.88. The van der Waals surface area contributed by atoms with Gasteiger partial charge in [0.25, 0.3) is 5.56 Å². The Morgan fingerprint density at radius 2 is 2.10 bits per heavy atom. The highest BCUT2D eigenvalue weighted by atomic mass is 32.2. The van der Waals surface area contributed by atoms with Crippen molar-refractivity contribution in [1.82, 2.24) is 15.0 Å². The summed E-state index contributed by atoms with van der Waals surface area (Å²) < 4.78 is 29.3. The standard InChI is InChI=1S/C13H17N3O4S/c1-3-5-6-21(18,19)13-14-8-9-7-10(20-4-2)12(17)15-11(9)16-13/h7-8H,3-6H2,1-2H3,(H,14,15,16,17). The lowest BCUT2D eigenvalue weighted by Crippen LogP contribution is -2.14. The molecular formula is C13H17N3O4S. The minimum absolute atomic E-state index is 0.00370. The van der Waals surface area contributed by atoms with Crippen molar-refractivity contribution in [2.24, 2.45) is 0 Å². The SMILES string of the molecule is CCCCS(=O)(=O)c1ncc2cc(OCC)c(=O)[nH]c2n1. The monoisotopic (exact) mass is 311 g/mol. The van der Waals surface area contributed by atoms with E-state index in [1.807, 2.05) is 6.92 Å². The number of hydrogen-bond acceptors (Lipinski definition) is 6. The molecule has 8 heteroatoms. The van der Waals surface area contributed by atoms with Gasteiger partial charge in [0.2, 0.25) is 15.0 Å². The zero-order valence-corrected chi connectivity index (χ0v) is 12.7. The fraction of sp³-hybridized carbons (Fsp3) is 0.462. The van der Waals surface area contributed by atoms with E-state index >= 15 is 0 Å². The molecule has 7 nitrogen and oxygen atoms in total. The van der Waals surface area contributed by atoms with Crippen molar-refractivity contribution < 1.29 is 13.2 Å². The van der Waals surface area contributed by atoms with Gasteiger partial charge in [0, 0.05) is 11.6 Å². The van der Waals surface area contributed by atoms with Crippen molar-refractivity contribution >= 4 is 20.9 Å². The van der Waals surface area contributed by atoms with Crippen molar-refractivity contribution in [1.29, 1.82) is 0 Å². The van der Waals surface area contributed by atoms with Crippen LogP contribution in [0.15, 0.2) is 22.2 Å². The predicted octanol–water partition coefficient (Wildman–Crippen LogP) is 1.29. The molecule has 0 saturated carbocycles. The number of pyridine rings is 1. The lowest BCUT2D eigenvalue weighted by atomic mass is 10.3. The molecule has 2 aromatic heterocycles. The number of nitrogens with zero attached hydrogens (tertiary/aromatic N) is 2. The summed E-state index contributed by atoms with van der Waals surface area (Å²) in [6.45, 7) is 4.03. The topological polar surface area (TPSA) is 102 Å². The number of nitrogens with one attached hydrogen (secondary N) is 1. The molecule has 0 unspecified atom stereocenters. The highest BCUT2D eigenvalue weighted by Gasteiger charge is 2.18. The first-order chi connectivity index (χ1) is 9.97. The maximum absolute atomic E-state index is 12.0. The number of H-pyrrole nitrogens is 1. The van der Waals surface area contributed by atoms with E-state index in [9.17, 15) is 13.2 Å². The van der Waals surface area contributed by atoms with Gasteiger partial charge in [0.1, 0.15) is 5.65 Å². The molecule has 0 aromatic carbocycles. The van der Waals surface area contributed by atoms with Crippen LogP contribution in [0.2, 0.25) is 0 Å². The highest BCUT2D eigenvalue weighted by molar-refractivity contribution is 7.91. The summed E-state index contributed by atoms with van der Waals surface area (Å²) in [4.78, 5) is 22.1. The Hall–Kier alpha value is -1.96. The van der Waals surface area contributed by atoms with Crippen LogP contribution in [0.25, 0.3) is 11.0 Å². The summed E-state index contributed by atoms with van der Waals surface area (Å²) in [6, 6.07) is 1.50. The quantitative estimate of drug-likeness (QED) is 0.806. The van der Waals surface area contributed by atoms with Crippen LogP contribution >= 0.6 is 0 Å². The molecule has 1 N–H and O–H groups in total. The Labute approximate surface area is 122 Å². The molecule has 114 valence electrons. The summed E-state index contributed by atoms with van der Waals surface area (Å²) >= 11 is 0. The van der Waals surface area contributed by atoms with Crippen LogP contribution in [0, 0.1) is 0 Å². The molecule has 2 rings (SSSR count). The molecule has 0 fully saturated rings. The van der Waals surface area contributed by atoms with Gasteiger partial charge in [-0.15, -0.1) is 0 Å². The predicted molar refractivity (Wildman–Crippen MR) is 78.3 cm³/mol. The molecule has 0 aliphatic carbocycles. The van der Waals surface area contributed by atoms with Crippen molar-refractivity contribution in [3.63, 3.8) is 0 Å². The highest BCUT2D eigenvalue weighted by Crippen LogP contribution is 2.15. The summed E-state index contributed by atoms with van der Waals surface area (Å²) in [5.41, 5.74) is -0.256. The Bertz CT molecular complexity index is 799. The minimum atomic E-state index is -3.52. The first-order valence-corrected chi connectivity index (χ1v) is 8.38. The number of unbranched alkanes of at least 4 members (excludes halogenated alkanes) is 1. The molecular weight excluding hydrogens is 294 g/mol. The number of sulfone groups is 1. The van der Waals surface area contributed by atoms with Crippen molar-refractivity contribution in [2.75, 3.05) is 12.4 Å². The van der Waals surface area contributed by atoms with Crippen molar-refractivity contribution in [2.45, 2.75) is 31.8 Å². The second-order valence-corrected chi connectivity index (χ2v) is 6.53. The summed E-state index contributed by atoms with van der Waals surface area (Å²) in [5, 5.41) is 0.260. The van der Waals surface area contributed by atoms with Gasteiger partial charge < -0.3 is 9.72 Å². The molecule has 2 heterocycles. The average molecular weight is 311 g/mol. The lowest BCUT2D eigenvalue weighted by Gasteiger charge is -2.05. The molecule has 0 amide bonds. The Balaban J connectivity index is 2.47. The van der Waals surface area contributed by atoms with Crippen molar-refractivity contribution in [3.8, 4) is 5.75 Å². The minimum Gasteiger partial charge on any atom is -0.488 e. The van der Waals surface area contributed by atoms with E-state index in [0.29, 0.717) is 18.4 Å². The molecule has 0 radical (unpaired) electrons. The molecule has 0 aliphatic rings. The third-order valence-corrected chi connectivity index (χ3v) is 4.46. The number of fused-ring (bicyclic) bond motifs is 1. The van der Waals surface area contributed by atoms with E-state index in [2.05, 4.69) is 15.0 Å². The molecule has 0 aliphatic heterocycles. The third kappa shape index (κ3) is 3.38. The summed E-state index contributed by atoms with van der Waals surface area (Å²) in [6.07, 6.45) is 2.69. The van der Waals surface area contributed by atoms with Gasteiger partial charge in [-0.3, -0.25) is 4.79 Å². The van der Waals surface area contributed by atoms with Crippen LogP contribution < -0.4 is 10.3 Å². The molecule has 21 heavy (non-hydrogen) atoms. The molecule has 0 spiro atoms. The fourth-order valence-corrected chi connectivity index (χ4v) is 3.09. The Morgan fingerprint density at radius 1 is 1.33 bits per heavy atom. The van der Waals surface area contributed by atoms with E-state index in [0.717, 1.165) is 6.42 Å². The molecule has 0 saturated heterocycles. The maximum Gasteiger partial charge on any atom is 0.291 e. The lowest BCUT2D eigenvalue weighted by molar-refractivity contribution is 0.336. The molecule has 0 bridgehead atoms. The van der Waals surface area contributed by atoms with Crippen molar-refractivity contribution in [3.05, 3.63) is 22.6 Å². The largest absolute Gasteiger partial charge is 0.488 e. The maximum atomic E-state index is 12.0. The van der Waals surface area contributed by atoms with Gasteiger partial charge in [-0.1, -0.05) is 13.3 Å². The van der Waals surface area contributed by atoms with Gasteiger partial charge >= 0.3 is 0 Å². The van der Waals surface area contributed by atoms with Gasteiger partial charge in [-0.05, 0) is 19.4 Å². The number of rotatable bonds is 6. The Morgan fingerprint density at radius 3 is 2.76 bits per heavy atom. The van der Waals surface area contributed by atoms with Gasteiger partial charge in [-0.2, -0.15) is 0 Å². The summed E-state index contributed by atoms with van der Waals surface area (Å²) in [5.74, 6) is 0.159. The summed E-state index contributed by atoms with van der Waals surface area (Å²) in [7, 11) is -3.52. The number of ether oxygens (including phenoxy) is 1. The van der Waals surface area contributed by atoms with Crippen LogP contribution in [0.5, 0.6) is 5.75 Å². The smallest absolute Gasteiger partial charge is 0.291 e. The fourth-order valence-electron chi connectivity index (χ4n) is 1.79. The van der Waals surface area contributed by atoms with Crippen LogP contribution in [0.3, 0.4) is 0 Å². The van der Waals surface area contributed by atoms with Gasteiger partial charge in [0.05, 0.1) is 12.4 Å². The average Bonchev–Trinajstić information content (AvgIpc) is 2.45. The molecule has 0 atom stereocenters. The van der Waals surface area contributed by atoms with E-state index in [4.69, 9.17) is 4.74 Å². The molecule has 2 aromatic rings.